The minimum atomic E-state index is -0.406. The molecule has 3 nitrogen and oxygen atoms in total. The van der Waals surface area contributed by atoms with Crippen LogP contribution in [0, 0.1) is 0 Å². The molecule has 4 heteroatoms. The lowest BCUT2D eigenvalue weighted by atomic mass is 9.85. The molecular weight excluding hydrogens is 228 g/mol. The molecule has 0 unspecified atom stereocenters. The maximum absolute atomic E-state index is 9.33. The van der Waals surface area contributed by atoms with E-state index >= 15 is 0 Å². The summed E-state index contributed by atoms with van der Waals surface area (Å²) >= 11 is 6.24. The number of aliphatic hydroxyl groups excluding tert-OH is 1. The average Bonchev–Trinajstić information content (AvgIpc) is 2.28. The summed E-state index contributed by atoms with van der Waals surface area (Å²) in [7, 11) is 3.10. The Labute approximate surface area is 101 Å². The number of hydrogen-bond acceptors (Lipinski definition) is 3. The van der Waals surface area contributed by atoms with Gasteiger partial charge in [0.25, 0.3) is 0 Å². The Balaban J connectivity index is 3.35. The lowest BCUT2D eigenvalue weighted by molar-refractivity contribution is 0.218. The first kappa shape index (κ1) is 13.1. The van der Waals surface area contributed by atoms with Crippen molar-refractivity contribution in [3.8, 4) is 11.5 Å². The van der Waals surface area contributed by atoms with Crippen LogP contribution < -0.4 is 9.47 Å². The van der Waals surface area contributed by atoms with Gasteiger partial charge in [0.1, 0.15) is 0 Å². The number of halogens is 1. The van der Waals surface area contributed by atoms with Gasteiger partial charge in [-0.25, -0.2) is 0 Å². The van der Waals surface area contributed by atoms with Gasteiger partial charge in [0.15, 0.2) is 11.5 Å². The highest BCUT2D eigenvalue weighted by molar-refractivity contribution is 6.33. The van der Waals surface area contributed by atoms with Gasteiger partial charge in [-0.15, -0.1) is 0 Å². The largest absolute Gasteiger partial charge is 0.493 e. The zero-order valence-corrected chi connectivity index (χ0v) is 10.8. The highest BCUT2D eigenvalue weighted by Gasteiger charge is 2.25. The summed E-state index contributed by atoms with van der Waals surface area (Å²) in [6.07, 6.45) is 0. The maximum atomic E-state index is 9.33. The van der Waals surface area contributed by atoms with Crippen molar-refractivity contribution in [2.75, 3.05) is 20.8 Å². The van der Waals surface area contributed by atoms with Crippen LogP contribution in [0.15, 0.2) is 12.1 Å². The summed E-state index contributed by atoms with van der Waals surface area (Å²) in [6.45, 7) is 3.85. The van der Waals surface area contributed by atoms with E-state index in [1.54, 1.807) is 20.3 Å². The van der Waals surface area contributed by atoms with E-state index in [-0.39, 0.29) is 6.61 Å². The third-order valence-corrected chi connectivity index (χ3v) is 2.98. The Kier molecular flexibility index (Phi) is 4.05. The molecule has 1 aromatic rings. The van der Waals surface area contributed by atoms with Gasteiger partial charge in [-0.2, -0.15) is 0 Å². The standard InChI is InChI=1S/C12H17ClO3/c1-12(2,7-14)8-5-6-9(15-3)11(16-4)10(8)13/h5-6,14H,7H2,1-4H3. The summed E-state index contributed by atoms with van der Waals surface area (Å²) in [5, 5.41) is 9.82. The van der Waals surface area contributed by atoms with E-state index < -0.39 is 5.41 Å². The van der Waals surface area contributed by atoms with Crippen LogP contribution in [0.1, 0.15) is 19.4 Å². The second-order valence-electron chi connectivity index (χ2n) is 4.20. The monoisotopic (exact) mass is 244 g/mol. The molecule has 0 aliphatic heterocycles. The number of rotatable bonds is 4. The Bertz CT molecular complexity index is 375. The third-order valence-electron chi connectivity index (χ3n) is 2.61. The minimum Gasteiger partial charge on any atom is -0.493 e. The molecule has 0 radical (unpaired) electrons. The van der Waals surface area contributed by atoms with E-state index in [1.807, 2.05) is 19.9 Å². The van der Waals surface area contributed by atoms with Crippen molar-refractivity contribution in [2.45, 2.75) is 19.3 Å². The predicted octanol–water partition coefficient (Wildman–Crippen LogP) is 2.63. The topological polar surface area (TPSA) is 38.7 Å². The Morgan fingerprint density at radius 2 is 1.88 bits per heavy atom. The molecule has 0 aliphatic rings. The van der Waals surface area contributed by atoms with Crippen molar-refractivity contribution in [3.05, 3.63) is 22.7 Å². The molecule has 0 amide bonds. The van der Waals surface area contributed by atoms with Crippen LogP contribution in [0.2, 0.25) is 5.02 Å². The van der Waals surface area contributed by atoms with Crippen molar-refractivity contribution >= 4 is 11.6 Å². The van der Waals surface area contributed by atoms with Crippen LogP contribution >= 0.6 is 11.6 Å². The fraction of sp³-hybridized carbons (Fsp3) is 0.500. The first-order chi connectivity index (χ1) is 7.47. The molecule has 0 fully saturated rings. The molecule has 1 rings (SSSR count). The molecule has 0 spiro atoms. The number of hydrogen-bond donors (Lipinski definition) is 1. The quantitative estimate of drug-likeness (QED) is 0.885. The summed E-state index contributed by atoms with van der Waals surface area (Å²) < 4.78 is 10.4. The zero-order chi connectivity index (χ0) is 12.3. The summed E-state index contributed by atoms with van der Waals surface area (Å²) in [5.41, 5.74) is 0.436. The molecular formula is C12H17ClO3. The second kappa shape index (κ2) is 4.93. The predicted molar refractivity (Wildman–Crippen MR) is 64.7 cm³/mol. The highest BCUT2D eigenvalue weighted by Crippen LogP contribution is 2.41. The van der Waals surface area contributed by atoms with Gasteiger partial charge in [-0.3, -0.25) is 0 Å². The Hall–Kier alpha value is -0.930. The molecule has 90 valence electrons. The lowest BCUT2D eigenvalue weighted by Crippen LogP contribution is -2.22. The molecule has 0 aromatic heterocycles. The molecule has 16 heavy (non-hydrogen) atoms. The maximum Gasteiger partial charge on any atom is 0.179 e. The molecule has 1 N–H and O–H groups in total. The summed E-state index contributed by atoms with van der Waals surface area (Å²) in [5.74, 6) is 1.09. The zero-order valence-electron chi connectivity index (χ0n) is 10.0. The number of methoxy groups -OCH3 is 2. The van der Waals surface area contributed by atoms with Gasteiger partial charge in [0, 0.05) is 5.41 Å². The van der Waals surface area contributed by atoms with E-state index in [9.17, 15) is 5.11 Å². The number of ether oxygens (including phenoxy) is 2. The lowest BCUT2D eigenvalue weighted by Gasteiger charge is -2.25. The van der Waals surface area contributed by atoms with Gasteiger partial charge < -0.3 is 14.6 Å². The van der Waals surface area contributed by atoms with Crippen LogP contribution in [0.5, 0.6) is 11.5 Å². The van der Waals surface area contributed by atoms with Crippen molar-refractivity contribution in [2.24, 2.45) is 0 Å². The number of aliphatic hydroxyl groups is 1. The molecule has 0 atom stereocenters. The van der Waals surface area contributed by atoms with Gasteiger partial charge in [0.05, 0.1) is 25.8 Å². The van der Waals surface area contributed by atoms with Crippen LogP contribution in [0.3, 0.4) is 0 Å². The molecule has 0 heterocycles. The van der Waals surface area contributed by atoms with E-state index in [0.29, 0.717) is 16.5 Å². The van der Waals surface area contributed by atoms with Crippen molar-refractivity contribution < 1.29 is 14.6 Å². The van der Waals surface area contributed by atoms with Crippen LogP contribution in [-0.2, 0) is 5.41 Å². The van der Waals surface area contributed by atoms with Gasteiger partial charge in [0.2, 0.25) is 0 Å². The first-order valence-corrected chi connectivity index (χ1v) is 5.37. The SMILES string of the molecule is COc1ccc(C(C)(C)CO)c(Cl)c1OC. The molecule has 0 saturated carbocycles. The van der Waals surface area contributed by atoms with E-state index in [4.69, 9.17) is 21.1 Å². The van der Waals surface area contributed by atoms with E-state index in [0.717, 1.165) is 5.56 Å². The van der Waals surface area contributed by atoms with Crippen molar-refractivity contribution in [3.63, 3.8) is 0 Å². The van der Waals surface area contributed by atoms with Crippen LogP contribution in [0.4, 0.5) is 0 Å². The van der Waals surface area contributed by atoms with Crippen LogP contribution in [0.25, 0.3) is 0 Å². The molecule has 0 aliphatic carbocycles. The fourth-order valence-electron chi connectivity index (χ4n) is 1.50. The third kappa shape index (κ3) is 2.25. The number of benzene rings is 1. The normalized spacial score (nSPS) is 11.4. The van der Waals surface area contributed by atoms with E-state index in [1.165, 1.54) is 0 Å². The Morgan fingerprint density at radius 1 is 1.25 bits per heavy atom. The van der Waals surface area contributed by atoms with Crippen LogP contribution in [-0.4, -0.2) is 25.9 Å². The van der Waals surface area contributed by atoms with Gasteiger partial charge >= 0.3 is 0 Å². The molecule has 1 aromatic carbocycles. The second-order valence-corrected chi connectivity index (χ2v) is 4.58. The molecule has 0 bridgehead atoms. The fourth-order valence-corrected chi connectivity index (χ4v) is 1.99. The van der Waals surface area contributed by atoms with Crippen molar-refractivity contribution in [1.29, 1.82) is 0 Å². The van der Waals surface area contributed by atoms with Crippen molar-refractivity contribution in [1.82, 2.24) is 0 Å². The van der Waals surface area contributed by atoms with Gasteiger partial charge in [-0.1, -0.05) is 31.5 Å². The molecule has 0 saturated heterocycles. The van der Waals surface area contributed by atoms with Gasteiger partial charge in [-0.05, 0) is 11.6 Å². The minimum absolute atomic E-state index is 0.0161. The average molecular weight is 245 g/mol. The Morgan fingerprint density at radius 3 is 2.31 bits per heavy atom. The first-order valence-electron chi connectivity index (χ1n) is 4.99. The van der Waals surface area contributed by atoms with E-state index in [2.05, 4.69) is 0 Å². The highest BCUT2D eigenvalue weighted by atomic mass is 35.5. The smallest absolute Gasteiger partial charge is 0.179 e. The summed E-state index contributed by atoms with van der Waals surface area (Å²) in [6, 6.07) is 3.64. The summed E-state index contributed by atoms with van der Waals surface area (Å²) in [4.78, 5) is 0.